The quantitative estimate of drug-likeness (QED) is 0.608. The number of nitrogens with two attached hydrogens (primary N) is 1. The molecule has 4 nitrogen and oxygen atoms in total. The first kappa shape index (κ1) is 22.8. The van der Waals surface area contributed by atoms with Crippen LogP contribution in [0, 0.1) is 11.3 Å². The number of benzene rings is 1. The number of carbonyl (C=O) groups excluding carboxylic acids is 1. The van der Waals surface area contributed by atoms with Gasteiger partial charge in [0.25, 0.3) is 0 Å². The fraction of sp³-hybridized carbons (Fsp3) is 0.741. The monoisotopic (exact) mass is 426 g/mol. The first-order valence-corrected chi connectivity index (χ1v) is 12.7. The van der Waals surface area contributed by atoms with Gasteiger partial charge in [0.05, 0.1) is 6.61 Å². The molecule has 0 heterocycles. The van der Waals surface area contributed by atoms with E-state index in [-0.39, 0.29) is 16.7 Å². The Bertz CT molecular complexity index is 715. The molecule has 4 heteroatoms. The summed E-state index contributed by atoms with van der Waals surface area (Å²) in [5, 5.41) is 3.30. The van der Waals surface area contributed by atoms with E-state index in [2.05, 4.69) is 42.6 Å². The zero-order chi connectivity index (χ0) is 21.7. The Morgan fingerprint density at radius 1 is 1.13 bits per heavy atom. The van der Waals surface area contributed by atoms with Crippen molar-refractivity contribution in [2.24, 2.45) is 17.1 Å². The molecule has 2 bridgehead atoms. The van der Waals surface area contributed by atoms with E-state index in [9.17, 15) is 4.79 Å². The number of hydrogen-bond donors (Lipinski definition) is 2. The highest BCUT2D eigenvalue weighted by Crippen LogP contribution is 2.59. The maximum Gasteiger partial charge on any atom is 0.220 e. The van der Waals surface area contributed by atoms with E-state index < -0.39 is 0 Å². The van der Waals surface area contributed by atoms with E-state index in [0.717, 1.165) is 45.3 Å². The van der Waals surface area contributed by atoms with E-state index in [1.807, 2.05) is 0 Å². The fourth-order valence-corrected chi connectivity index (χ4v) is 7.04. The predicted octanol–water partition coefficient (Wildman–Crippen LogP) is 5.10. The van der Waals surface area contributed by atoms with Gasteiger partial charge in [-0.2, -0.15) is 0 Å². The maximum absolute atomic E-state index is 12.7. The summed E-state index contributed by atoms with van der Waals surface area (Å²) in [4.78, 5) is 12.7. The van der Waals surface area contributed by atoms with Gasteiger partial charge >= 0.3 is 0 Å². The van der Waals surface area contributed by atoms with Crippen molar-refractivity contribution in [3.63, 3.8) is 0 Å². The number of hydrogen-bond acceptors (Lipinski definition) is 3. The predicted molar refractivity (Wildman–Crippen MR) is 126 cm³/mol. The summed E-state index contributed by atoms with van der Waals surface area (Å²) in [6.45, 7) is 3.77. The van der Waals surface area contributed by atoms with E-state index in [1.165, 1.54) is 44.1 Å². The third kappa shape index (κ3) is 5.51. The summed E-state index contributed by atoms with van der Waals surface area (Å²) in [5.74, 6) is 0.837. The fourth-order valence-electron chi connectivity index (χ4n) is 7.04. The van der Waals surface area contributed by atoms with Crippen LogP contribution in [-0.4, -0.2) is 31.2 Å². The smallest absolute Gasteiger partial charge is 0.220 e. The average Bonchev–Trinajstić information content (AvgIpc) is 2.78. The summed E-state index contributed by atoms with van der Waals surface area (Å²) in [6.07, 6.45) is 13.3. The lowest BCUT2D eigenvalue weighted by molar-refractivity contribution is -0.122. The van der Waals surface area contributed by atoms with Gasteiger partial charge in [-0.3, -0.25) is 4.79 Å². The molecule has 3 fully saturated rings. The van der Waals surface area contributed by atoms with Crippen molar-refractivity contribution >= 4 is 5.91 Å². The zero-order valence-electron chi connectivity index (χ0n) is 19.4. The Balaban J connectivity index is 1.41. The van der Waals surface area contributed by atoms with Gasteiger partial charge in [0, 0.05) is 25.1 Å². The van der Waals surface area contributed by atoms with Crippen LogP contribution < -0.4 is 11.1 Å². The molecule has 3 aliphatic rings. The molecule has 3 atom stereocenters. The van der Waals surface area contributed by atoms with Gasteiger partial charge in [-0.15, -0.1) is 0 Å². The Kier molecular flexibility index (Phi) is 7.38. The number of ether oxygens (including phenoxy) is 1. The van der Waals surface area contributed by atoms with Crippen molar-refractivity contribution in [3.05, 3.63) is 35.9 Å². The second-order valence-electron chi connectivity index (χ2n) is 10.8. The second-order valence-corrected chi connectivity index (χ2v) is 10.8. The Hall–Kier alpha value is -1.39. The molecular formula is C27H42N2O2. The molecule has 1 unspecified atom stereocenters. The topological polar surface area (TPSA) is 64.3 Å². The molecule has 3 aliphatic carbocycles. The lowest BCUT2D eigenvalue weighted by Gasteiger charge is -2.55. The molecule has 0 saturated heterocycles. The van der Waals surface area contributed by atoms with Crippen LogP contribution in [0.5, 0.6) is 0 Å². The van der Waals surface area contributed by atoms with Crippen LogP contribution in [0.25, 0.3) is 0 Å². The first-order chi connectivity index (χ1) is 15.0. The summed E-state index contributed by atoms with van der Waals surface area (Å²) in [7, 11) is 0. The maximum atomic E-state index is 12.7. The molecule has 3 N–H and O–H groups in total. The molecule has 0 aromatic heterocycles. The van der Waals surface area contributed by atoms with E-state index in [0.29, 0.717) is 24.4 Å². The minimum Gasteiger partial charge on any atom is -0.381 e. The highest BCUT2D eigenvalue weighted by molar-refractivity contribution is 5.76. The van der Waals surface area contributed by atoms with Gasteiger partial charge in [-0.05, 0) is 93.4 Å². The van der Waals surface area contributed by atoms with E-state index in [4.69, 9.17) is 10.5 Å². The van der Waals surface area contributed by atoms with E-state index >= 15 is 0 Å². The van der Waals surface area contributed by atoms with Crippen molar-refractivity contribution in [1.29, 1.82) is 0 Å². The van der Waals surface area contributed by atoms with E-state index in [1.54, 1.807) is 0 Å². The largest absolute Gasteiger partial charge is 0.381 e. The molecule has 31 heavy (non-hydrogen) atoms. The highest BCUT2D eigenvalue weighted by Gasteiger charge is 2.51. The van der Waals surface area contributed by atoms with Crippen LogP contribution in [0.3, 0.4) is 0 Å². The van der Waals surface area contributed by atoms with Gasteiger partial charge in [-0.1, -0.05) is 36.8 Å². The lowest BCUT2D eigenvalue weighted by Crippen LogP contribution is -2.49. The van der Waals surface area contributed by atoms with Crippen LogP contribution in [-0.2, 0) is 14.9 Å². The number of amides is 1. The van der Waals surface area contributed by atoms with Crippen molar-refractivity contribution in [2.45, 2.75) is 101 Å². The van der Waals surface area contributed by atoms with Gasteiger partial charge in [0.2, 0.25) is 5.91 Å². The van der Waals surface area contributed by atoms with Crippen LogP contribution in [0.1, 0.15) is 89.5 Å². The minimum atomic E-state index is 0.240. The normalized spacial score (nSPS) is 35.5. The zero-order valence-corrected chi connectivity index (χ0v) is 19.4. The Morgan fingerprint density at radius 3 is 2.65 bits per heavy atom. The van der Waals surface area contributed by atoms with Crippen LogP contribution in [0.15, 0.2) is 30.3 Å². The Labute approximate surface area is 188 Å². The van der Waals surface area contributed by atoms with Gasteiger partial charge in [0.1, 0.15) is 0 Å². The molecule has 1 amide bonds. The number of nitrogens with one attached hydrogen (secondary N) is 1. The van der Waals surface area contributed by atoms with Gasteiger partial charge in [0.15, 0.2) is 0 Å². The molecule has 0 spiro atoms. The molecular weight excluding hydrogens is 384 g/mol. The van der Waals surface area contributed by atoms with Crippen molar-refractivity contribution < 1.29 is 9.53 Å². The van der Waals surface area contributed by atoms with Crippen molar-refractivity contribution in [2.75, 3.05) is 13.2 Å². The SMILES string of the molecule is CCOC[C@@]12CCC[C@@](c3ccccc3)(CC(CCC(=O)NC3CCC(N)CC3)C1)C2. The van der Waals surface area contributed by atoms with Crippen LogP contribution in [0.4, 0.5) is 0 Å². The molecule has 1 aromatic carbocycles. The molecule has 3 saturated carbocycles. The van der Waals surface area contributed by atoms with Crippen molar-refractivity contribution in [3.8, 4) is 0 Å². The Morgan fingerprint density at radius 2 is 1.90 bits per heavy atom. The molecule has 172 valence electrons. The summed E-state index contributed by atoms with van der Waals surface area (Å²) < 4.78 is 6.02. The standard InChI is InChI=1S/C27H42N2O2/c1-2-31-20-26-15-6-16-27(19-26,22-7-4-3-5-8-22)18-21(17-26)9-14-25(30)29-24-12-10-23(28)11-13-24/h3-5,7-8,21,23-24H,2,6,9-20,28H2,1H3,(H,29,30)/t21?,23?,24?,26-,27+/m0/s1. The second kappa shape index (κ2) is 10.0. The van der Waals surface area contributed by atoms with Gasteiger partial charge < -0.3 is 15.8 Å². The van der Waals surface area contributed by atoms with Gasteiger partial charge in [-0.25, -0.2) is 0 Å². The van der Waals surface area contributed by atoms with Crippen LogP contribution in [0.2, 0.25) is 0 Å². The molecule has 0 radical (unpaired) electrons. The molecule has 1 aromatic rings. The first-order valence-electron chi connectivity index (χ1n) is 12.7. The number of carbonyl (C=O) groups is 1. The average molecular weight is 427 g/mol. The third-order valence-electron chi connectivity index (χ3n) is 8.39. The minimum absolute atomic E-state index is 0.240. The third-order valence-corrected chi connectivity index (χ3v) is 8.39. The summed E-state index contributed by atoms with van der Waals surface area (Å²) >= 11 is 0. The van der Waals surface area contributed by atoms with Crippen molar-refractivity contribution in [1.82, 2.24) is 5.32 Å². The highest BCUT2D eigenvalue weighted by atomic mass is 16.5. The van der Waals surface area contributed by atoms with Crippen LogP contribution >= 0.6 is 0 Å². The summed E-state index contributed by atoms with van der Waals surface area (Å²) in [6, 6.07) is 11.8. The number of fused-ring (bicyclic) bond motifs is 2. The lowest BCUT2D eigenvalue weighted by atomic mass is 9.50. The molecule has 4 rings (SSSR count). The molecule has 0 aliphatic heterocycles. The number of rotatable bonds is 8. The summed E-state index contributed by atoms with van der Waals surface area (Å²) in [5.41, 5.74) is 8.06.